The fraction of sp³-hybridized carbons (Fsp3) is 0.632. The van der Waals surface area contributed by atoms with Crippen LogP contribution in [0.4, 0.5) is 24.5 Å². The molecule has 25 heavy (non-hydrogen) atoms. The van der Waals surface area contributed by atoms with Crippen LogP contribution < -0.4 is 4.90 Å². The molecule has 3 rings (SSSR count). The number of halogens is 3. The quantitative estimate of drug-likeness (QED) is 0.671. The fourth-order valence-corrected chi connectivity index (χ4v) is 3.46. The molecule has 0 aromatic heterocycles. The van der Waals surface area contributed by atoms with Gasteiger partial charge < -0.3 is 9.80 Å². The molecular formula is C19H24F3N3. The number of hydrogen-bond donors (Lipinski definition) is 0. The minimum Gasteiger partial charge on any atom is -0.370 e. The van der Waals surface area contributed by atoms with Crippen LogP contribution in [0.2, 0.25) is 0 Å². The van der Waals surface area contributed by atoms with Crippen molar-refractivity contribution < 1.29 is 13.2 Å². The summed E-state index contributed by atoms with van der Waals surface area (Å²) in [6.07, 6.45) is 1.36. The van der Waals surface area contributed by atoms with Crippen LogP contribution in [0.1, 0.15) is 37.7 Å². The first-order chi connectivity index (χ1) is 12.0. The highest BCUT2D eigenvalue weighted by Gasteiger charge is 2.36. The number of anilines is 1. The lowest BCUT2D eigenvalue weighted by atomic mass is 10.1. The SMILES string of the molecule is [C-]#[N+]c1ccc(N(CCN2CCCCC2)CC2CC2)c(C(F)(F)F)c1. The van der Waals surface area contributed by atoms with Crippen LogP contribution in [0, 0.1) is 12.5 Å². The van der Waals surface area contributed by atoms with E-state index < -0.39 is 11.7 Å². The molecule has 3 nitrogen and oxygen atoms in total. The molecule has 1 aliphatic heterocycles. The van der Waals surface area contributed by atoms with E-state index >= 15 is 0 Å². The number of piperidine rings is 1. The summed E-state index contributed by atoms with van der Waals surface area (Å²) in [5.74, 6) is 0.503. The zero-order chi connectivity index (χ0) is 17.9. The molecule has 0 N–H and O–H groups in total. The summed E-state index contributed by atoms with van der Waals surface area (Å²) in [4.78, 5) is 7.40. The standard InChI is InChI=1S/C19H24F3N3/c1-23-16-7-8-18(17(13-16)19(20,21)22)25(14-15-5-6-15)12-11-24-9-3-2-4-10-24/h7-8,13,15H,2-6,9-12,14H2. The van der Waals surface area contributed by atoms with Gasteiger partial charge in [-0.2, -0.15) is 13.2 Å². The molecule has 136 valence electrons. The van der Waals surface area contributed by atoms with Crippen LogP contribution in [-0.4, -0.2) is 37.6 Å². The highest BCUT2D eigenvalue weighted by Crippen LogP contribution is 2.40. The molecule has 0 radical (unpaired) electrons. The third-order valence-corrected chi connectivity index (χ3v) is 5.07. The van der Waals surface area contributed by atoms with Crippen molar-refractivity contribution in [3.63, 3.8) is 0 Å². The number of rotatable bonds is 6. The minimum atomic E-state index is -4.44. The van der Waals surface area contributed by atoms with Gasteiger partial charge in [-0.15, -0.1) is 0 Å². The van der Waals surface area contributed by atoms with Crippen molar-refractivity contribution in [1.82, 2.24) is 4.90 Å². The van der Waals surface area contributed by atoms with Crippen molar-refractivity contribution in [2.75, 3.05) is 37.6 Å². The van der Waals surface area contributed by atoms with Crippen molar-refractivity contribution in [2.24, 2.45) is 5.92 Å². The van der Waals surface area contributed by atoms with Gasteiger partial charge in [0.25, 0.3) is 0 Å². The van der Waals surface area contributed by atoms with Gasteiger partial charge in [-0.1, -0.05) is 12.5 Å². The summed E-state index contributed by atoms with van der Waals surface area (Å²) >= 11 is 0. The molecule has 0 amide bonds. The zero-order valence-corrected chi connectivity index (χ0v) is 14.4. The molecule has 0 bridgehead atoms. The third kappa shape index (κ3) is 4.88. The zero-order valence-electron chi connectivity index (χ0n) is 14.4. The smallest absolute Gasteiger partial charge is 0.370 e. The summed E-state index contributed by atoms with van der Waals surface area (Å²) in [6, 6.07) is 3.97. The van der Waals surface area contributed by atoms with Gasteiger partial charge in [0.2, 0.25) is 0 Å². The first kappa shape index (κ1) is 18.1. The lowest BCUT2D eigenvalue weighted by Crippen LogP contribution is -2.39. The Balaban J connectivity index is 1.80. The number of benzene rings is 1. The van der Waals surface area contributed by atoms with Gasteiger partial charge in [-0.3, -0.25) is 0 Å². The predicted molar refractivity (Wildman–Crippen MR) is 92.9 cm³/mol. The maximum atomic E-state index is 13.5. The number of alkyl halides is 3. The molecular weight excluding hydrogens is 327 g/mol. The molecule has 1 saturated carbocycles. The summed E-state index contributed by atoms with van der Waals surface area (Å²) in [5, 5.41) is 0. The number of hydrogen-bond acceptors (Lipinski definition) is 2. The Hall–Kier alpha value is -1.74. The van der Waals surface area contributed by atoms with Crippen LogP contribution in [0.25, 0.3) is 4.85 Å². The molecule has 1 aromatic rings. The Morgan fingerprint density at radius 1 is 1.16 bits per heavy atom. The first-order valence-corrected chi connectivity index (χ1v) is 9.03. The first-order valence-electron chi connectivity index (χ1n) is 9.03. The van der Waals surface area contributed by atoms with Gasteiger partial charge in [0.15, 0.2) is 5.69 Å². The Bertz CT molecular complexity index is 626. The molecule has 2 fully saturated rings. The topological polar surface area (TPSA) is 10.8 Å². The van der Waals surface area contributed by atoms with Gasteiger partial charge in [0, 0.05) is 25.3 Å². The Labute approximate surface area is 147 Å². The average molecular weight is 351 g/mol. The summed E-state index contributed by atoms with van der Waals surface area (Å²) in [7, 11) is 0. The molecule has 0 atom stereocenters. The molecule has 1 aromatic carbocycles. The molecule has 2 aliphatic rings. The highest BCUT2D eigenvalue weighted by molar-refractivity contribution is 5.62. The molecule has 6 heteroatoms. The fourth-order valence-electron chi connectivity index (χ4n) is 3.46. The van der Waals surface area contributed by atoms with E-state index in [0.29, 0.717) is 19.0 Å². The maximum absolute atomic E-state index is 13.5. The van der Waals surface area contributed by atoms with E-state index in [9.17, 15) is 13.2 Å². The van der Waals surface area contributed by atoms with Crippen molar-refractivity contribution in [3.8, 4) is 0 Å². The second-order valence-electron chi connectivity index (χ2n) is 7.10. The van der Waals surface area contributed by atoms with Crippen molar-refractivity contribution in [2.45, 2.75) is 38.3 Å². The maximum Gasteiger partial charge on any atom is 0.417 e. The van der Waals surface area contributed by atoms with E-state index in [1.807, 2.05) is 4.90 Å². The van der Waals surface area contributed by atoms with E-state index in [1.165, 1.54) is 31.4 Å². The molecule has 1 heterocycles. The van der Waals surface area contributed by atoms with Crippen LogP contribution in [0.15, 0.2) is 18.2 Å². The highest BCUT2D eigenvalue weighted by atomic mass is 19.4. The van der Waals surface area contributed by atoms with Crippen LogP contribution in [0.5, 0.6) is 0 Å². The number of nitrogens with zero attached hydrogens (tertiary/aromatic N) is 3. The summed E-state index contributed by atoms with van der Waals surface area (Å²) in [5.41, 5.74) is -0.414. The number of likely N-dealkylation sites (tertiary alicyclic amines) is 1. The second kappa shape index (κ2) is 7.65. The van der Waals surface area contributed by atoms with Crippen molar-refractivity contribution in [3.05, 3.63) is 35.2 Å². The molecule has 1 saturated heterocycles. The predicted octanol–water partition coefficient (Wildman–Crippen LogP) is 4.96. The van der Waals surface area contributed by atoms with Gasteiger partial charge in [-0.25, -0.2) is 4.85 Å². The van der Waals surface area contributed by atoms with E-state index in [4.69, 9.17) is 6.57 Å². The van der Waals surface area contributed by atoms with Crippen molar-refractivity contribution >= 4 is 11.4 Å². The monoisotopic (exact) mass is 351 g/mol. The summed E-state index contributed by atoms with van der Waals surface area (Å²) < 4.78 is 40.6. The van der Waals surface area contributed by atoms with Crippen LogP contribution in [0.3, 0.4) is 0 Å². The van der Waals surface area contributed by atoms with Crippen LogP contribution in [-0.2, 0) is 6.18 Å². The summed E-state index contributed by atoms with van der Waals surface area (Å²) in [6.45, 7) is 11.2. The van der Waals surface area contributed by atoms with E-state index in [2.05, 4.69) is 9.74 Å². The lowest BCUT2D eigenvalue weighted by molar-refractivity contribution is -0.137. The van der Waals surface area contributed by atoms with Crippen molar-refractivity contribution in [1.29, 1.82) is 0 Å². The van der Waals surface area contributed by atoms with Gasteiger partial charge >= 0.3 is 6.18 Å². The largest absolute Gasteiger partial charge is 0.417 e. The lowest BCUT2D eigenvalue weighted by Gasteiger charge is -2.32. The van der Waals surface area contributed by atoms with E-state index in [-0.39, 0.29) is 11.4 Å². The molecule has 1 aliphatic carbocycles. The van der Waals surface area contributed by atoms with Gasteiger partial charge in [-0.05, 0) is 56.8 Å². The Morgan fingerprint density at radius 2 is 1.88 bits per heavy atom. The van der Waals surface area contributed by atoms with Gasteiger partial charge in [0.05, 0.1) is 12.1 Å². The second-order valence-corrected chi connectivity index (χ2v) is 7.10. The Morgan fingerprint density at radius 3 is 2.48 bits per heavy atom. The van der Waals surface area contributed by atoms with Gasteiger partial charge in [0.1, 0.15) is 0 Å². The Kier molecular flexibility index (Phi) is 5.53. The third-order valence-electron chi connectivity index (χ3n) is 5.07. The molecule has 0 spiro atoms. The average Bonchev–Trinajstić information content (AvgIpc) is 3.42. The van der Waals surface area contributed by atoms with E-state index in [1.54, 1.807) is 0 Å². The normalized spacial score (nSPS) is 18.8. The van der Waals surface area contributed by atoms with E-state index in [0.717, 1.165) is 38.5 Å². The van der Waals surface area contributed by atoms with Crippen LogP contribution >= 0.6 is 0 Å². The minimum absolute atomic E-state index is 0.0403. The molecule has 0 unspecified atom stereocenters.